The minimum Gasteiger partial charge on any atom is -0.495 e. The number of para-hydroxylation sites is 2. The van der Waals surface area contributed by atoms with Gasteiger partial charge in [-0.15, -0.1) is 0 Å². The van der Waals surface area contributed by atoms with Crippen LogP contribution in [0.2, 0.25) is 5.02 Å². The van der Waals surface area contributed by atoms with E-state index in [4.69, 9.17) is 21.1 Å². The summed E-state index contributed by atoms with van der Waals surface area (Å²) in [6.45, 7) is 2.30. The number of nitrogens with zero attached hydrogens (tertiary/aromatic N) is 2. The van der Waals surface area contributed by atoms with Crippen molar-refractivity contribution >= 4 is 34.8 Å². The molecule has 1 fully saturated rings. The molecule has 0 spiro atoms. The van der Waals surface area contributed by atoms with E-state index in [2.05, 4.69) is 10.2 Å². The summed E-state index contributed by atoms with van der Waals surface area (Å²) in [4.78, 5) is 28.2. The van der Waals surface area contributed by atoms with Crippen molar-refractivity contribution in [3.05, 3.63) is 53.6 Å². The predicted molar refractivity (Wildman–Crippen MR) is 113 cm³/mol. The van der Waals surface area contributed by atoms with Gasteiger partial charge >= 0.3 is 0 Å². The highest BCUT2D eigenvalue weighted by atomic mass is 35.5. The zero-order valence-electron chi connectivity index (χ0n) is 16.3. The number of nitrogens with one attached hydrogen (secondary N) is 1. The van der Waals surface area contributed by atoms with Crippen LogP contribution in [0, 0.1) is 0 Å². The van der Waals surface area contributed by atoms with Crippen molar-refractivity contribution in [1.82, 2.24) is 4.90 Å². The lowest BCUT2D eigenvalue weighted by atomic mass is 10.2. The highest BCUT2D eigenvalue weighted by Gasteiger charge is 2.23. The van der Waals surface area contributed by atoms with E-state index < -0.39 is 0 Å². The molecule has 1 heterocycles. The van der Waals surface area contributed by atoms with Crippen LogP contribution >= 0.6 is 11.6 Å². The molecule has 2 aromatic carbocycles. The predicted octanol–water partition coefficient (Wildman–Crippen LogP) is 2.65. The summed E-state index contributed by atoms with van der Waals surface area (Å²) in [6.07, 6.45) is 0. The molecular formula is C21H24ClN3O4. The van der Waals surface area contributed by atoms with E-state index in [1.807, 2.05) is 24.3 Å². The van der Waals surface area contributed by atoms with Gasteiger partial charge in [-0.25, -0.2) is 0 Å². The summed E-state index contributed by atoms with van der Waals surface area (Å²) in [7, 11) is 1.65. The maximum Gasteiger partial charge on any atom is 0.250 e. The number of rotatable bonds is 7. The second-order valence-electron chi connectivity index (χ2n) is 6.59. The third-order valence-electron chi connectivity index (χ3n) is 4.64. The normalized spacial score (nSPS) is 13.9. The first-order valence-corrected chi connectivity index (χ1v) is 9.73. The third kappa shape index (κ3) is 5.85. The molecule has 1 aliphatic heterocycles. The molecule has 0 radical (unpaired) electrons. The number of hydrogen-bond acceptors (Lipinski definition) is 5. The van der Waals surface area contributed by atoms with Crippen LogP contribution in [0.25, 0.3) is 0 Å². The molecule has 0 saturated carbocycles. The van der Waals surface area contributed by atoms with E-state index in [0.29, 0.717) is 36.9 Å². The largest absolute Gasteiger partial charge is 0.495 e. The Kier molecular flexibility index (Phi) is 7.32. The molecule has 2 aromatic rings. The van der Waals surface area contributed by atoms with Crippen LogP contribution < -0.4 is 15.0 Å². The molecule has 1 saturated heterocycles. The van der Waals surface area contributed by atoms with E-state index in [-0.39, 0.29) is 25.0 Å². The minimum atomic E-state index is -0.318. The van der Waals surface area contributed by atoms with Gasteiger partial charge in [0.05, 0.1) is 12.8 Å². The van der Waals surface area contributed by atoms with Gasteiger partial charge in [0, 0.05) is 36.9 Å². The average Bonchev–Trinajstić information content (AvgIpc) is 2.75. The molecule has 0 atom stereocenters. The molecule has 29 heavy (non-hydrogen) atoms. The first-order chi connectivity index (χ1) is 14.1. The first kappa shape index (κ1) is 21.0. The molecule has 0 unspecified atom stereocenters. The SMILES string of the molecule is COc1ccccc1N1CCN(C(=O)COCC(=O)Nc2ccc(Cl)cc2)CC1. The molecule has 1 N–H and O–H groups in total. The Labute approximate surface area is 175 Å². The number of benzene rings is 2. The summed E-state index contributed by atoms with van der Waals surface area (Å²) in [5, 5.41) is 3.28. The van der Waals surface area contributed by atoms with Gasteiger partial charge in [-0.05, 0) is 36.4 Å². The highest BCUT2D eigenvalue weighted by molar-refractivity contribution is 6.30. The monoisotopic (exact) mass is 417 g/mol. The molecule has 154 valence electrons. The van der Waals surface area contributed by atoms with Gasteiger partial charge < -0.3 is 24.6 Å². The van der Waals surface area contributed by atoms with Gasteiger partial charge in [0.1, 0.15) is 19.0 Å². The lowest BCUT2D eigenvalue weighted by Gasteiger charge is -2.36. The number of piperazine rings is 1. The van der Waals surface area contributed by atoms with Crippen molar-refractivity contribution in [3.63, 3.8) is 0 Å². The number of carbonyl (C=O) groups excluding carboxylic acids is 2. The first-order valence-electron chi connectivity index (χ1n) is 9.35. The fourth-order valence-corrected chi connectivity index (χ4v) is 3.27. The quantitative estimate of drug-likeness (QED) is 0.750. The van der Waals surface area contributed by atoms with Crippen molar-refractivity contribution in [2.24, 2.45) is 0 Å². The molecule has 0 aromatic heterocycles. The number of halogens is 1. The maximum atomic E-state index is 12.4. The van der Waals surface area contributed by atoms with Crippen molar-refractivity contribution in [1.29, 1.82) is 0 Å². The minimum absolute atomic E-state index is 0.121. The fourth-order valence-electron chi connectivity index (χ4n) is 3.14. The summed E-state index contributed by atoms with van der Waals surface area (Å²) in [5.41, 5.74) is 1.65. The molecule has 7 nitrogen and oxygen atoms in total. The molecule has 3 rings (SSSR count). The van der Waals surface area contributed by atoms with Crippen LogP contribution in [-0.4, -0.2) is 63.2 Å². The van der Waals surface area contributed by atoms with Gasteiger partial charge in [-0.3, -0.25) is 9.59 Å². The maximum absolute atomic E-state index is 12.4. The smallest absolute Gasteiger partial charge is 0.250 e. The standard InChI is InChI=1S/C21H24ClN3O4/c1-28-19-5-3-2-4-18(19)24-10-12-25(13-11-24)21(27)15-29-14-20(26)23-17-8-6-16(22)7-9-17/h2-9H,10-15H2,1H3,(H,23,26). The molecule has 2 amide bonds. The summed E-state index contributed by atoms with van der Waals surface area (Å²) in [6, 6.07) is 14.6. The Hall–Kier alpha value is -2.77. The number of amides is 2. The number of carbonyl (C=O) groups is 2. The number of anilines is 2. The van der Waals surface area contributed by atoms with E-state index in [1.54, 1.807) is 36.3 Å². The van der Waals surface area contributed by atoms with Crippen LogP contribution in [0.3, 0.4) is 0 Å². The van der Waals surface area contributed by atoms with Crippen LogP contribution in [0.5, 0.6) is 5.75 Å². The molecular weight excluding hydrogens is 394 g/mol. The average molecular weight is 418 g/mol. The number of hydrogen-bond donors (Lipinski definition) is 1. The highest BCUT2D eigenvalue weighted by Crippen LogP contribution is 2.28. The Bertz CT molecular complexity index is 836. The van der Waals surface area contributed by atoms with Crippen LogP contribution in [0.4, 0.5) is 11.4 Å². The topological polar surface area (TPSA) is 71.1 Å². The Balaban J connectivity index is 1.39. The van der Waals surface area contributed by atoms with Crippen LogP contribution in [0.1, 0.15) is 0 Å². The second kappa shape index (κ2) is 10.1. The summed E-state index contributed by atoms with van der Waals surface area (Å²) in [5.74, 6) is 0.382. The van der Waals surface area contributed by atoms with E-state index in [1.165, 1.54) is 0 Å². The number of methoxy groups -OCH3 is 1. The fraction of sp³-hybridized carbons (Fsp3) is 0.333. The second-order valence-corrected chi connectivity index (χ2v) is 7.02. The molecule has 1 aliphatic rings. The number of ether oxygens (including phenoxy) is 2. The zero-order valence-corrected chi connectivity index (χ0v) is 17.0. The third-order valence-corrected chi connectivity index (χ3v) is 4.90. The van der Waals surface area contributed by atoms with Gasteiger partial charge in [-0.1, -0.05) is 23.7 Å². The van der Waals surface area contributed by atoms with Gasteiger partial charge in [0.25, 0.3) is 0 Å². The van der Waals surface area contributed by atoms with Crippen LogP contribution in [-0.2, 0) is 14.3 Å². The van der Waals surface area contributed by atoms with E-state index in [0.717, 1.165) is 11.4 Å². The Morgan fingerprint density at radius 3 is 2.38 bits per heavy atom. The molecule has 0 aliphatic carbocycles. The Morgan fingerprint density at radius 1 is 1.00 bits per heavy atom. The summed E-state index contributed by atoms with van der Waals surface area (Å²) >= 11 is 5.81. The molecule has 0 bridgehead atoms. The van der Waals surface area contributed by atoms with E-state index >= 15 is 0 Å². The summed E-state index contributed by atoms with van der Waals surface area (Å²) < 4.78 is 10.7. The van der Waals surface area contributed by atoms with Crippen LogP contribution in [0.15, 0.2) is 48.5 Å². The van der Waals surface area contributed by atoms with E-state index in [9.17, 15) is 9.59 Å². The zero-order chi connectivity index (χ0) is 20.6. The Morgan fingerprint density at radius 2 is 1.69 bits per heavy atom. The van der Waals surface area contributed by atoms with Crippen molar-refractivity contribution in [2.75, 3.05) is 56.7 Å². The van der Waals surface area contributed by atoms with Crippen molar-refractivity contribution in [2.45, 2.75) is 0 Å². The van der Waals surface area contributed by atoms with Gasteiger partial charge in [0.15, 0.2) is 0 Å². The van der Waals surface area contributed by atoms with Crippen molar-refractivity contribution < 1.29 is 19.1 Å². The molecule has 8 heteroatoms. The lowest BCUT2D eigenvalue weighted by molar-refractivity contribution is -0.137. The van der Waals surface area contributed by atoms with Crippen molar-refractivity contribution in [3.8, 4) is 5.75 Å². The lowest BCUT2D eigenvalue weighted by Crippen LogP contribution is -2.50. The van der Waals surface area contributed by atoms with Gasteiger partial charge in [0.2, 0.25) is 11.8 Å². The van der Waals surface area contributed by atoms with Gasteiger partial charge in [-0.2, -0.15) is 0 Å².